The van der Waals surface area contributed by atoms with E-state index in [2.05, 4.69) is 22.4 Å². The zero-order chi connectivity index (χ0) is 10.5. The lowest BCUT2D eigenvalue weighted by molar-refractivity contribution is -0.120. The van der Waals surface area contributed by atoms with Gasteiger partial charge in [-0.2, -0.15) is 0 Å². The molecule has 3 saturated heterocycles. The molecule has 0 amide bonds. The van der Waals surface area contributed by atoms with Crippen LogP contribution >= 0.6 is 0 Å². The smallest absolute Gasteiger partial charge is 0.447 e. The third kappa shape index (κ3) is 1.22. The van der Waals surface area contributed by atoms with E-state index in [0.717, 1.165) is 0 Å². The van der Waals surface area contributed by atoms with Crippen molar-refractivity contribution >= 4 is 12.5 Å². The van der Waals surface area contributed by atoms with Gasteiger partial charge in [0.25, 0.3) is 0 Å². The van der Waals surface area contributed by atoms with Crippen LogP contribution in [-0.4, -0.2) is 46.8 Å². The molecule has 0 atom stereocenters. The van der Waals surface area contributed by atoms with Crippen molar-refractivity contribution in [3.8, 4) is 0 Å². The van der Waals surface area contributed by atoms with Crippen LogP contribution in [0, 0.1) is 5.41 Å². The first-order valence-electron chi connectivity index (χ1n) is 4.92. The first-order valence-corrected chi connectivity index (χ1v) is 4.92. The van der Waals surface area contributed by atoms with E-state index in [1.165, 1.54) is 4.68 Å². The standard InChI is InChI=1S/C7H12BN4O3/c1-7-3-13-8(14-4-7,15-5-7)6-9-10-11-12(6)2/h3-5H2,1-2H3/q-1. The van der Waals surface area contributed by atoms with Gasteiger partial charge in [-0.15, -0.1) is 5.10 Å². The normalized spacial score (nSPS) is 39.6. The van der Waals surface area contributed by atoms with Gasteiger partial charge < -0.3 is 14.0 Å². The fourth-order valence-electron chi connectivity index (χ4n) is 1.96. The van der Waals surface area contributed by atoms with E-state index in [1.54, 1.807) is 7.05 Å². The Labute approximate surface area is 86.7 Å². The fraction of sp³-hybridized carbons (Fsp3) is 0.857. The first-order chi connectivity index (χ1) is 7.14. The Morgan fingerprint density at radius 2 is 1.87 bits per heavy atom. The van der Waals surface area contributed by atoms with Crippen LogP contribution in [0.3, 0.4) is 0 Å². The topological polar surface area (TPSA) is 71.3 Å². The highest BCUT2D eigenvalue weighted by Gasteiger charge is 2.49. The van der Waals surface area contributed by atoms with Crippen LogP contribution in [0.5, 0.6) is 0 Å². The number of fused-ring (bicyclic) bond motifs is 3. The molecule has 0 aromatic carbocycles. The van der Waals surface area contributed by atoms with Crippen LogP contribution < -0.4 is 5.72 Å². The van der Waals surface area contributed by atoms with Crippen LogP contribution in [-0.2, 0) is 21.0 Å². The van der Waals surface area contributed by atoms with Crippen LogP contribution in [0.2, 0.25) is 0 Å². The van der Waals surface area contributed by atoms with Gasteiger partial charge in [-0.05, 0) is 10.4 Å². The van der Waals surface area contributed by atoms with Crippen molar-refractivity contribution in [2.45, 2.75) is 6.92 Å². The molecule has 0 N–H and O–H groups in total. The van der Waals surface area contributed by atoms with Crippen molar-refractivity contribution in [1.82, 2.24) is 20.2 Å². The Morgan fingerprint density at radius 3 is 2.33 bits per heavy atom. The summed E-state index contributed by atoms with van der Waals surface area (Å²) in [6.07, 6.45) is 0. The Kier molecular flexibility index (Phi) is 1.71. The second-order valence-corrected chi connectivity index (χ2v) is 4.55. The summed E-state index contributed by atoms with van der Waals surface area (Å²) >= 11 is 0. The highest BCUT2D eigenvalue weighted by molar-refractivity contribution is 6.74. The maximum absolute atomic E-state index is 5.65. The lowest BCUT2D eigenvalue weighted by atomic mass is 9.70. The van der Waals surface area contributed by atoms with Crippen molar-refractivity contribution in [3.63, 3.8) is 0 Å². The molecule has 0 unspecified atom stereocenters. The van der Waals surface area contributed by atoms with Gasteiger partial charge in [0.05, 0.1) is 5.72 Å². The predicted octanol–water partition coefficient (Wildman–Crippen LogP) is -1.56. The number of aryl methyl sites for hydroxylation is 1. The largest absolute Gasteiger partial charge is 0.538 e. The molecule has 0 radical (unpaired) electrons. The molecule has 15 heavy (non-hydrogen) atoms. The predicted molar refractivity (Wildman–Crippen MR) is 50.1 cm³/mol. The molecule has 1 aromatic rings. The number of aromatic nitrogens is 4. The minimum atomic E-state index is -1.91. The molecule has 8 heteroatoms. The number of rotatable bonds is 1. The van der Waals surface area contributed by atoms with Gasteiger partial charge in [-0.3, -0.25) is 4.68 Å². The zero-order valence-corrected chi connectivity index (χ0v) is 8.71. The molecule has 1 aromatic heterocycles. The fourth-order valence-corrected chi connectivity index (χ4v) is 1.96. The van der Waals surface area contributed by atoms with Crippen molar-refractivity contribution in [1.29, 1.82) is 0 Å². The van der Waals surface area contributed by atoms with Crippen molar-refractivity contribution in [2.24, 2.45) is 12.5 Å². The quantitative estimate of drug-likeness (QED) is 0.523. The van der Waals surface area contributed by atoms with Crippen LogP contribution in [0.1, 0.15) is 6.92 Å². The maximum atomic E-state index is 5.65. The van der Waals surface area contributed by atoms with Gasteiger partial charge in [0.1, 0.15) is 0 Å². The van der Waals surface area contributed by atoms with Gasteiger partial charge in [-0.1, -0.05) is 6.92 Å². The zero-order valence-electron chi connectivity index (χ0n) is 8.71. The van der Waals surface area contributed by atoms with Gasteiger partial charge in [0.2, 0.25) is 0 Å². The summed E-state index contributed by atoms with van der Waals surface area (Å²) < 4.78 is 18.5. The van der Waals surface area contributed by atoms with Crippen LogP contribution in [0.4, 0.5) is 0 Å². The molecule has 82 valence electrons. The SMILES string of the molecule is Cn1nnnc1[B-]12OCC(C)(CO1)CO2. The number of tetrazole rings is 1. The second-order valence-electron chi connectivity index (χ2n) is 4.55. The van der Waals surface area contributed by atoms with Gasteiger partial charge in [-0.25, -0.2) is 0 Å². The average Bonchev–Trinajstić information content (AvgIpc) is 2.67. The highest BCUT2D eigenvalue weighted by Crippen LogP contribution is 2.34. The summed E-state index contributed by atoms with van der Waals surface area (Å²) in [6.45, 7) is 2.04. The van der Waals surface area contributed by atoms with Gasteiger partial charge in [0.15, 0.2) is 0 Å². The monoisotopic (exact) mass is 211 g/mol. The van der Waals surface area contributed by atoms with Crippen molar-refractivity contribution in [2.75, 3.05) is 19.8 Å². The van der Waals surface area contributed by atoms with Crippen molar-refractivity contribution in [3.05, 3.63) is 0 Å². The van der Waals surface area contributed by atoms with E-state index in [0.29, 0.717) is 25.5 Å². The number of nitrogens with zero attached hydrogens (tertiary/aromatic N) is 4. The lowest BCUT2D eigenvalue weighted by Crippen LogP contribution is -2.70. The summed E-state index contributed by atoms with van der Waals surface area (Å²) in [7, 11) is 1.74. The molecule has 2 bridgehead atoms. The second kappa shape index (κ2) is 2.78. The summed E-state index contributed by atoms with van der Waals surface area (Å²) in [5, 5.41) is 11.2. The summed E-state index contributed by atoms with van der Waals surface area (Å²) in [6, 6.07) is 0. The summed E-state index contributed by atoms with van der Waals surface area (Å²) in [5.41, 5.74) is 0.479. The maximum Gasteiger partial charge on any atom is 0.447 e. The van der Waals surface area contributed by atoms with E-state index in [1.807, 2.05) is 0 Å². The highest BCUT2D eigenvalue weighted by atomic mass is 16.8. The molecule has 4 rings (SSSR count). The third-order valence-corrected chi connectivity index (χ3v) is 2.92. The van der Waals surface area contributed by atoms with E-state index in [-0.39, 0.29) is 5.41 Å². The minimum Gasteiger partial charge on any atom is -0.538 e. The molecule has 0 aliphatic carbocycles. The molecule has 0 saturated carbocycles. The molecule has 0 spiro atoms. The Hall–Kier alpha value is -0.985. The summed E-state index contributed by atoms with van der Waals surface area (Å²) in [4.78, 5) is 0. The van der Waals surface area contributed by atoms with Crippen molar-refractivity contribution < 1.29 is 14.0 Å². The van der Waals surface area contributed by atoms with E-state index >= 15 is 0 Å². The summed E-state index contributed by atoms with van der Waals surface area (Å²) in [5.74, 6) is 0. The molecular formula is C7H12BN4O3-. The number of hydrogen-bond acceptors (Lipinski definition) is 6. The Balaban J connectivity index is 1.97. The Morgan fingerprint density at radius 1 is 1.27 bits per heavy atom. The van der Waals surface area contributed by atoms with Gasteiger partial charge >= 0.3 is 6.75 Å². The average molecular weight is 211 g/mol. The first kappa shape index (κ1) is 9.26. The van der Waals surface area contributed by atoms with E-state index < -0.39 is 6.75 Å². The number of hydrogen-bond donors (Lipinski definition) is 0. The van der Waals surface area contributed by atoms with E-state index in [4.69, 9.17) is 14.0 Å². The third-order valence-electron chi connectivity index (χ3n) is 2.92. The molecule has 3 fully saturated rings. The van der Waals surface area contributed by atoms with Gasteiger partial charge in [0, 0.05) is 32.3 Å². The van der Waals surface area contributed by atoms with Crippen LogP contribution in [0.15, 0.2) is 0 Å². The Bertz CT molecular complexity index is 371. The molecular weight excluding hydrogens is 199 g/mol. The van der Waals surface area contributed by atoms with Crippen LogP contribution in [0.25, 0.3) is 0 Å². The van der Waals surface area contributed by atoms with E-state index in [9.17, 15) is 0 Å². The molecule has 7 nitrogen and oxygen atoms in total. The molecule has 3 aliphatic rings. The lowest BCUT2D eigenvalue weighted by Gasteiger charge is -2.56. The molecule has 3 aliphatic heterocycles. The minimum absolute atomic E-state index is 0.0322. The molecule has 4 heterocycles.